The maximum absolute atomic E-state index is 13.5. The lowest BCUT2D eigenvalue weighted by atomic mass is 10.0. The van der Waals surface area contributed by atoms with Crippen LogP contribution in [0.3, 0.4) is 0 Å². The molecule has 1 aromatic rings. The minimum absolute atomic E-state index is 0.0303. The average Bonchev–Trinajstić information content (AvgIpc) is 2.18. The fourth-order valence-corrected chi connectivity index (χ4v) is 1.70. The maximum atomic E-state index is 13.5. The highest BCUT2D eigenvalue weighted by Gasteiger charge is 2.19. The van der Waals surface area contributed by atoms with Gasteiger partial charge in [-0.2, -0.15) is 0 Å². The van der Waals surface area contributed by atoms with Crippen molar-refractivity contribution in [2.24, 2.45) is 5.92 Å². The summed E-state index contributed by atoms with van der Waals surface area (Å²) >= 11 is 0. The van der Waals surface area contributed by atoms with Crippen LogP contribution in [0.15, 0.2) is 24.3 Å². The van der Waals surface area contributed by atoms with Gasteiger partial charge in [-0.1, -0.05) is 26.0 Å². The minimum atomic E-state index is -0.251. The van der Waals surface area contributed by atoms with Gasteiger partial charge in [-0.3, -0.25) is 0 Å². The summed E-state index contributed by atoms with van der Waals surface area (Å²) in [6.07, 6.45) is 0. The van der Waals surface area contributed by atoms with Gasteiger partial charge in [-0.25, -0.2) is 4.39 Å². The Morgan fingerprint density at radius 2 is 1.93 bits per heavy atom. The molecule has 0 aliphatic carbocycles. The van der Waals surface area contributed by atoms with Crippen molar-refractivity contribution in [1.82, 2.24) is 0 Å². The summed E-state index contributed by atoms with van der Waals surface area (Å²) in [5.74, 6) is 0.0266. The van der Waals surface area contributed by atoms with Crippen molar-refractivity contribution in [2.45, 2.75) is 19.9 Å². The summed E-state index contributed by atoms with van der Waals surface area (Å²) in [6, 6.07) is 6.56. The number of halogens is 1. The molecule has 1 atom stereocenters. The number of para-hydroxylation sites is 1. The molecule has 0 saturated carbocycles. The normalized spacial score (nSPS) is 12.9. The number of aliphatic hydroxyl groups is 1. The maximum Gasteiger partial charge on any atom is 0.146 e. The van der Waals surface area contributed by atoms with Crippen LogP contribution in [0.4, 0.5) is 10.1 Å². The molecule has 3 heteroatoms. The Kier molecular flexibility index (Phi) is 4.09. The van der Waals surface area contributed by atoms with Crippen LogP contribution >= 0.6 is 0 Å². The lowest BCUT2D eigenvalue weighted by Gasteiger charge is -2.31. The van der Waals surface area contributed by atoms with Crippen molar-refractivity contribution in [3.05, 3.63) is 30.1 Å². The average molecular weight is 211 g/mol. The Morgan fingerprint density at radius 1 is 1.33 bits per heavy atom. The van der Waals surface area contributed by atoms with E-state index in [-0.39, 0.29) is 24.4 Å². The summed E-state index contributed by atoms with van der Waals surface area (Å²) in [6.45, 7) is 4.05. The molecule has 0 fully saturated rings. The topological polar surface area (TPSA) is 23.5 Å². The quantitative estimate of drug-likeness (QED) is 0.826. The number of nitrogens with zero attached hydrogens (tertiary/aromatic N) is 1. The molecule has 0 bridgehead atoms. The highest BCUT2D eigenvalue weighted by molar-refractivity contribution is 5.47. The second kappa shape index (κ2) is 5.12. The molecule has 0 saturated heterocycles. The molecule has 1 rings (SSSR count). The first kappa shape index (κ1) is 12.0. The van der Waals surface area contributed by atoms with E-state index in [2.05, 4.69) is 0 Å². The number of rotatable bonds is 4. The molecule has 1 aromatic carbocycles. The lowest BCUT2D eigenvalue weighted by molar-refractivity contribution is 0.234. The molecule has 2 nitrogen and oxygen atoms in total. The zero-order valence-electron chi connectivity index (χ0n) is 9.44. The predicted molar refractivity (Wildman–Crippen MR) is 60.5 cm³/mol. The zero-order valence-corrected chi connectivity index (χ0v) is 9.44. The fraction of sp³-hybridized carbons (Fsp3) is 0.500. The number of hydrogen-bond acceptors (Lipinski definition) is 2. The standard InChI is InChI=1S/C12H18FNO/c1-9(2)12(8-15)14(3)11-7-5-4-6-10(11)13/h4-7,9,12,15H,8H2,1-3H3. The van der Waals surface area contributed by atoms with Gasteiger partial charge in [0, 0.05) is 7.05 Å². The third-order valence-corrected chi connectivity index (χ3v) is 2.69. The number of benzene rings is 1. The van der Waals surface area contributed by atoms with Crippen molar-refractivity contribution in [3.8, 4) is 0 Å². The van der Waals surface area contributed by atoms with Gasteiger partial charge in [-0.05, 0) is 18.1 Å². The largest absolute Gasteiger partial charge is 0.394 e. The van der Waals surface area contributed by atoms with Gasteiger partial charge in [0.05, 0.1) is 18.3 Å². The molecule has 84 valence electrons. The second-order valence-corrected chi connectivity index (χ2v) is 4.06. The Balaban J connectivity index is 2.92. The number of hydrogen-bond donors (Lipinski definition) is 1. The summed E-state index contributed by atoms with van der Waals surface area (Å²) < 4.78 is 13.5. The molecule has 0 heterocycles. The van der Waals surface area contributed by atoms with Gasteiger partial charge < -0.3 is 10.0 Å². The van der Waals surface area contributed by atoms with Crippen LogP contribution in [0, 0.1) is 11.7 Å². The second-order valence-electron chi connectivity index (χ2n) is 4.06. The molecule has 1 unspecified atom stereocenters. The molecule has 0 spiro atoms. The first-order valence-electron chi connectivity index (χ1n) is 5.16. The number of likely N-dealkylation sites (N-methyl/N-ethyl adjacent to an activating group) is 1. The lowest BCUT2D eigenvalue weighted by Crippen LogP contribution is -2.39. The van der Waals surface area contributed by atoms with Crippen LogP contribution < -0.4 is 4.90 Å². The summed E-state index contributed by atoms with van der Waals surface area (Å²) in [5.41, 5.74) is 0.533. The fourth-order valence-electron chi connectivity index (χ4n) is 1.70. The Hall–Kier alpha value is -1.09. The van der Waals surface area contributed by atoms with Crippen molar-refractivity contribution >= 4 is 5.69 Å². The van der Waals surface area contributed by atoms with Gasteiger partial charge in [0.2, 0.25) is 0 Å². The van der Waals surface area contributed by atoms with E-state index in [9.17, 15) is 9.50 Å². The molecular formula is C12H18FNO. The van der Waals surface area contributed by atoms with Crippen molar-refractivity contribution in [1.29, 1.82) is 0 Å². The van der Waals surface area contributed by atoms with E-state index in [1.807, 2.05) is 13.8 Å². The van der Waals surface area contributed by atoms with Gasteiger partial charge >= 0.3 is 0 Å². The van der Waals surface area contributed by atoms with Crippen molar-refractivity contribution in [2.75, 3.05) is 18.6 Å². The summed E-state index contributed by atoms with van der Waals surface area (Å²) in [4.78, 5) is 1.79. The van der Waals surface area contributed by atoms with E-state index in [0.29, 0.717) is 5.69 Å². The highest BCUT2D eigenvalue weighted by Crippen LogP contribution is 2.21. The first-order chi connectivity index (χ1) is 7.07. The smallest absolute Gasteiger partial charge is 0.146 e. The molecule has 1 N–H and O–H groups in total. The molecule has 15 heavy (non-hydrogen) atoms. The van der Waals surface area contributed by atoms with Crippen LogP contribution in [-0.2, 0) is 0 Å². The van der Waals surface area contributed by atoms with Crippen LogP contribution in [0.5, 0.6) is 0 Å². The Bertz CT molecular complexity index is 314. The van der Waals surface area contributed by atoms with E-state index in [0.717, 1.165) is 0 Å². The van der Waals surface area contributed by atoms with Gasteiger partial charge in [0.15, 0.2) is 0 Å². The predicted octanol–water partition coefficient (Wildman–Crippen LogP) is 2.28. The monoisotopic (exact) mass is 211 g/mol. The van der Waals surface area contributed by atoms with Crippen LogP contribution in [0.1, 0.15) is 13.8 Å². The third kappa shape index (κ3) is 2.69. The van der Waals surface area contributed by atoms with Crippen LogP contribution in [-0.4, -0.2) is 24.8 Å². The SMILES string of the molecule is CC(C)C(CO)N(C)c1ccccc1F. The Labute approximate surface area is 90.3 Å². The first-order valence-corrected chi connectivity index (χ1v) is 5.16. The highest BCUT2D eigenvalue weighted by atomic mass is 19.1. The van der Waals surface area contributed by atoms with Gasteiger partial charge in [0.1, 0.15) is 5.82 Å². The molecule has 0 radical (unpaired) electrons. The van der Waals surface area contributed by atoms with E-state index < -0.39 is 0 Å². The Morgan fingerprint density at radius 3 is 2.40 bits per heavy atom. The zero-order chi connectivity index (χ0) is 11.4. The van der Waals surface area contributed by atoms with Crippen LogP contribution in [0.2, 0.25) is 0 Å². The molecule has 0 aliphatic heterocycles. The number of anilines is 1. The van der Waals surface area contributed by atoms with E-state index >= 15 is 0 Å². The molecule has 0 aliphatic rings. The van der Waals surface area contributed by atoms with Crippen LogP contribution in [0.25, 0.3) is 0 Å². The molecular weight excluding hydrogens is 193 g/mol. The van der Waals surface area contributed by atoms with E-state index in [1.54, 1.807) is 30.1 Å². The molecule has 0 aromatic heterocycles. The van der Waals surface area contributed by atoms with Crippen molar-refractivity contribution in [3.63, 3.8) is 0 Å². The summed E-state index contributed by atoms with van der Waals surface area (Å²) in [7, 11) is 1.80. The third-order valence-electron chi connectivity index (χ3n) is 2.69. The van der Waals surface area contributed by atoms with E-state index in [1.165, 1.54) is 6.07 Å². The van der Waals surface area contributed by atoms with E-state index in [4.69, 9.17) is 0 Å². The number of aliphatic hydroxyl groups excluding tert-OH is 1. The van der Waals surface area contributed by atoms with Crippen molar-refractivity contribution < 1.29 is 9.50 Å². The van der Waals surface area contributed by atoms with Gasteiger partial charge in [-0.15, -0.1) is 0 Å². The van der Waals surface area contributed by atoms with Gasteiger partial charge in [0.25, 0.3) is 0 Å². The molecule has 0 amide bonds. The summed E-state index contributed by atoms with van der Waals surface area (Å²) in [5, 5.41) is 9.25. The minimum Gasteiger partial charge on any atom is -0.394 e.